The topological polar surface area (TPSA) is 59.2 Å². The molecule has 4 nitrogen and oxygen atoms in total. The molecule has 0 aliphatic heterocycles. The van der Waals surface area contributed by atoms with E-state index in [9.17, 15) is 9.59 Å². The maximum absolute atomic E-state index is 11.8. The lowest BCUT2D eigenvalue weighted by molar-refractivity contribution is -0.142. The number of ketones is 1. The minimum Gasteiger partial charge on any atom is -0.457 e. The van der Waals surface area contributed by atoms with Crippen LogP contribution in [0.1, 0.15) is 47.9 Å². The lowest BCUT2D eigenvalue weighted by Crippen LogP contribution is -2.14. The molecule has 0 saturated heterocycles. The summed E-state index contributed by atoms with van der Waals surface area (Å²) in [7, 11) is 0. The fourth-order valence-corrected chi connectivity index (χ4v) is 1.63. The number of hydrogen-bond acceptors (Lipinski definition) is 3. The average molecular weight is 237 g/mol. The summed E-state index contributed by atoms with van der Waals surface area (Å²) >= 11 is 0. The third-order valence-electron chi connectivity index (χ3n) is 2.55. The summed E-state index contributed by atoms with van der Waals surface area (Å²) in [6.45, 7) is 5.56. The van der Waals surface area contributed by atoms with Gasteiger partial charge in [0.1, 0.15) is 0 Å². The number of carbonyl (C=O) groups excluding carboxylic acids is 2. The fraction of sp³-hybridized carbons (Fsp3) is 0.538. The molecule has 1 N–H and O–H groups in total. The van der Waals surface area contributed by atoms with E-state index in [0.29, 0.717) is 12.0 Å². The highest BCUT2D eigenvalue weighted by atomic mass is 16.5. The molecule has 4 heteroatoms. The van der Waals surface area contributed by atoms with E-state index >= 15 is 0 Å². The second-order valence-corrected chi connectivity index (χ2v) is 4.18. The zero-order valence-electron chi connectivity index (χ0n) is 10.6. The summed E-state index contributed by atoms with van der Waals surface area (Å²) in [6, 6.07) is 1.78. The number of esters is 1. The number of rotatable bonds is 6. The summed E-state index contributed by atoms with van der Waals surface area (Å²) < 4.78 is 4.92. The zero-order chi connectivity index (χ0) is 12.8. The number of aromatic nitrogens is 1. The Balaban J connectivity index is 2.45. The summed E-state index contributed by atoms with van der Waals surface area (Å²) in [4.78, 5) is 26.1. The van der Waals surface area contributed by atoms with Gasteiger partial charge in [-0.05, 0) is 26.3 Å². The average Bonchev–Trinajstić information content (AvgIpc) is 2.62. The molecule has 0 amide bonds. The molecule has 0 bridgehead atoms. The predicted octanol–water partition coefficient (Wildman–Crippen LogP) is 2.55. The number of H-pyrrole nitrogens is 1. The monoisotopic (exact) mass is 237 g/mol. The smallest absolute Gasteiger partial charge is 0.306 e. The van der Waals surface area contributed by atoms with Crippen LogP contribution in [0, 0.1) is 13.8 Å². The number of nitrogens with one attached hydrogen (secondary N) is 1. The Morgan fingerprint density at radius 2 is 2.06 bits per heavy atom. The summed E-state index contributed by atoms with van der Waals surface area (Å²) in [5.74, 6) is -0.457. The van der Waals surface area contributed by atoms with Crippen molar-refractivity contribution >= 4 is 11.8 Å². The van der Waals surface area contributed by atoms with E-state index in [-0.39, 0.29) is 18.4 Å². The van der Waals surface area contributed by atoms with Gasteiger partial charge >= 0.3 is 5.97 Å². The Morgan fingerprint density at radius 1 is 1.35 bits per heavy atom. The van der Waals surface area contributed by atoms with Crippen LogP contribution >= 0.6 is 0 Å². The lowest BCUT2D eigenvalue weighted by Gasteiger charge is -2.03. The molecule has 0 aliphatic rings. The zero-order valence-corrected chi connectivity index (χ0v) is 10.6. The third kappa shape index (κ3) is 4.06. The van der Waals surface area contributed by atoms with Crippen LogP contribution in [0.3, 0.4) is 0 Å². The Bertz CT molecular complexity index is 407. The lowest BCUT2D eigenvalue weighted by atomic mass is 10.1. The minimum atomic E-state index is -0.301. The van der Waals surface area contributed by atoms with E-state index in [0.717, 1.165) is 24.2 Å². The normalized spacial score (nSPS) is 10.3. The molecule has 1 aromatic heterocycles. The van der Waals surface area contributed by atoms with Crippen molar-refractivity contribution in [1.82, 2.24) is 4.98 Å². The Morgan fingerprint density at radius 3 is 2.59 bits per heavy atom. The molecule has 0 radical (unpaired) electrons. The first-order valence-corrected chi connectivity index (χ1v) is 5.89. The van der Waals surface area contributed by atoms with Crippen LogP contribution in [-0.2, 0) is 9.53 Å². The number of aromatic amines is 1. The third-order valence-corrected chi connectivity index (χ3v) is 2.55. The minimum absolute atomic E-state index is 0.156. The van der Waals surface area contributed by atoms with E-state index in [1.54, 1.807) is 6.07 Å². The molecule has 0 unspecified atom stereocenters. The number of Topliss-reactive ketones (excluding diaryl/α,β-unsaturated/α-hetero) is 1. The molecule has 0 spiro atoms. The summed E-state index contributed by atoms with van der Waals surface area (Å²) in [6.07, 6.45) is 2.13. The van der Waals surface area contributed by atoms with Crippen molar-refractivity contribution in [2.24, 2.45) is 0 Å². The molecule has 1 rings (SSSR count). The predicted molar refractivity (Wildman–Crippen MR) is 65.1 cm³/mol. The second-order valence-electron chi connectivity index (χ2n) is 4.18. The molecule has 17 heavy (non-hydrogen) atoms. The van der Waals surface area contributed by atoms with Gasteiger partial charge in [-0.1, -0.05) is 13.3 Å². The quantitative estimate of drug-likeness (QED) is 0.611. The molecule has 0 fully saturated rings. The SMILES string of the molecule is CCCCC(=O)OCC(=O)c1cc(C)[nH]c1C. The van der Waals surface area contributed by atoms with E-state index in [2.05, 4.69) is 4.98 Å². The van der Waals surface area contributed by atoms with Crippen molar-refractivity contribution in [3.63, 3.8) is 0 Å². The highest BCUT2D eigenvalue weighted by Gasteiger charge is 2.13. The first kappa shape index (κ1) is 13.5. The van der Waals surface area contributed by atoms with Gasteiger partial charge in [-0.2, -0.15) is 0 Å². The van der Waals surface area contributed by atoms with Crippen molar-refractivity contribution in [3.8, 4) is 0 Å². The van der Waals surface area contributed by atoms with Gasteiger partial charge in [0.15, 0.2) is 6.61 Å². The summed E-state index contributed by atoms with van der Waals surface area (Å²) in [5.41, 5.74) is 2.35. The van der Waals surface area contributed by atoms with Crippen molar-refractivity contribution in [3.05, 3.63) is 23.0 Å². The van der Waals surface area contributed by atoms with Crippen LogP contribution in [0.2, 0.25) is 0 Å². The van der Waals surface area contributed by atoms with Gasteiger partial charge in [0, 0.05) is 23.4 Å². The van der Waals surface area contributed by atoms with Crippen LogP contribution in [0.15, 0.2) is 6.07 Å². The molecule has 0 aliphatic carbocycles. The second kappa shape index (κ2) is 6.23. The molecule has 0 aromatic carbocycles. The van der Waals surface area contributed by atoms with Gasteiger partial charge in [-0.3, -0.25) is 9.59 Å². The van der Waals surface area contributed by atoms with E-state index < -0.39 is 0 Å². The molecule has 0 saturated carbocycles. The summed E-state index contributed by atoms with van der Waals surface area (Å²) in [5, 5.41) is 0. The Labute approximate surface area is 101 Å². The number of hydrogen-bond donors (Lipinski definition) is 1. The van der Waals surface area contributed by atoms with Crippen molar-refractivity contribution < 1.29 is 14.3 Å². The van der Waals surface area contributed by atoms with E-state index in [1.807, 2.05) is 20.8 Å². The first-order valence-electron chi connectivity index (χ1n) is 5.89. The fourth-order valence-electron chi connectivity index (χ4n) is 1.63. The number of unbranched alkanes of at least 4 members (excludes halogenated alkanes) is 1. The van der Waals surface area contributed by atoms with Crippen LogP contribution < -0.4 is 0 Å². The van der Waals surface area contributed by atoms with Gasteiger partial charge in [0.05, 0.1) is 0 Å². The van der Waals surface area contributed by atoms with Crippen LogP contribution in [-0.4, -0.2) is 23.3 Å². The van der Waals surface area contributed by atoms with E-state index in [1.165, 1.54) is 0 Å². The Hall–Kier alpha value is -1.58. The van der Waals surface area contributed by atoms with Gasteiger partial charge in [-0.15, -0.1) is 0 Å². The molecule has 1 aromatic rings. The molecule has 0 atom stereocenters. The van der Waals surface area contributed by atoms with Gasteiger partial charge in [0.2, 0.25) is 5.78 Å². The van der Waals surface area contributed by atoms with Gasteiger partial charge < -0.3 is 9.72 Å². The molecule has 94 valence electrons. The standard InChI is InChI=1S/C13H19NO3/c1-4-5-6-13(16)17-8-12(15)11-7-9(2)14-10(11)3/h7,14H,4-6,8H2,1-3H3. The maximum Gasteiger partial charge on any atom is 0.306 e. The van der Waals surface area contributed by atoms with Gasteiger partial charge in [-0.25, -0.2) is 0 Å². The highest BCUT2D eigenvalue weighted by molar-refractivity contribution is 5.99. The number of carbonyl (C=O) groups is 2. The molecular weight excluding hydrogens is 218 g/mol. The molecular formula is C13H19NO3. The number of aryl methyl sites for hydroxylation is 2. The van der Waals surface area contributed by atoms with Gasteiger partial charge in [0.25, 0.3) is 0 Å². The van der Waals surface area contributed by atoms with Crippen molar-refractivity contribution in [1.29, 1.82) is 0 Å². The largest absolute Gasteiger partial charge is 0.457 e. The van der Waals surface area contributed by atoms with Crippen LogP contribution in [0.25, 0.3) is 0 Å². The first-order chi connectivity index (χ1) is 8.04. The van der Waals surface area contributed by atoms with E-state index in [4.69, 9.17) is 4.74 Å². The van der Waals surface area contributed by atoms with Crippen LogP contribution in [0.4, 0.5) is 0 Å². The molecule has 1 heterocycles. The highest BCUT2D eigenvalue weighted by Crippen LogP contribution is 2.10. The Kier molecular flexibility index (Phi) is 4.94. The number of ether oxygens (including phenoxy) is 1. The van der Waals surface area contributed by atoms with Crippen molar-refractivity contribution in [2.75, 3.05) is 6.61 Å². The van der Waals surface area contributed by atoms with Crippen LogP contribution in [0.5, 0.6) is 0 Å². The maximum atomic E-state index is 11.8. The van der Waals surface area contributed by atoms with Crippen molar-refractivity contribution in [2.45, 2.75) is 40.0 Å².